The lowest BCUT2D eigenvalue weighted by molar-refractivity contribution is 0.869. The highest BCUT2D eigenvalue weighted by atomic mass is 15.8. The Morgan fingerprint density at radius 3 is 2.50 bits per heavy atom. The van der Waals surface area contributed by atoms with Crippen molar-refractivity contribution in [2.24, 2.45) is 0 Å². The van der Waals surface area contributed by atoms with E-state index < -0.39 is 0 Å². The maximum absolute atomic E-state index is 3.70. The Morgan fingerprint density at radius 1 is 1.50 bits per heavy atom. The molecule has 4 nitrogen and oxygen atoms in total. The van der Waals surface area contributed by atoms with E-state index in [1.54, 1.807) is 4.63 Å². The van der Waals surface area contributed by atoms with Crippen molar-refractivity contribution in [1.29, 1.82) is 0 Å². The standard InChI is InChI=1S/C2N4/c3-1-2-5(1)6(2)4-3. The molecule has 4 heteroatoms. The highest BCUT2D eigenvalue weighted by Crippen LogP contribution is 2.27. The van der Waals surface area contributed by atoms with Crippen LogP contribution < -0.4 is 0 Å². The fourth-order valence-corrected chi connectivity index (χ4v) is 0.665. The summed E-state index contributed by atoms with van der Waals surface area (Å²) in [5, 5.41) is 7.36. The van der Waals surface area contributed by atoms with Crippen LogP contribution in [0.3, 0.4) is 0 Å². The van der Waals surface area contributed by atoms with Crippen molar-refractivity contribution >= 4 is 11.3 Å². The summed E-state index contributed by atoms with van der Waals surface area (Å²) in [6.45, 7) is 0. The Hall–Kier alpha value is -1.06. The molecule has 4 heterocycles. The molecule has 0 N–H and O–H groups in total. The Labute approximate surface area is 31.9 Å². The number of fused-ring (bicyclic) bond motifs is 1. The van der Waals surface area contributed by atoms with Crippen molar-refractivity contribution in [2.75, 3.05) is 0 Å². The molecule has 4 rings (SSSR count). The largest absolute Gasteiger partial charge is 0.226 e. The molecule has 6 heavy (non-hydrogen) atoms. The second kappa shape index (κ2) is 0.203. The van der Waals surface area contributed by atoms with E-state index >= 15 is 0 Å². The smallest absolute Gasteiger partial charge is 0.182 e. The van der Waals surface area contributed by atoms with Crippen LogP contribution in [0.2, 0.25) is 0 Å². The van der Waals surface area contributed by atoms with Crippen molar-refractivity contribution < 1.29 is 0 Å². The molecule has 0 aliphatic heterocycles. The third kappa shape index (κ3) is 0.0278. The summed E-state index contributed by atoms with van der Waals surface area (Å²) in [6, 6.07) is 0. The topological polar surface area (TPSA) is 34.6 Å². The molecule has 0 spiro atoms. The summed E-state index contributed by atoms with van der Waals surface area (Å²) < 4.78 is 3.70. The molecule has 0 saturated carbocycles. The van der Waals surface area contributed by atoms with Gasteiger partial charge in [0.15, 0.2) is 0 Å². The molecule has 0 radical (unpaired) electrons. The minimum atomic E-state index is 1.06. The first kappa shape index (κ1) is 1.59. The molecule has 0 aromatic carbocycles. The van der Waals surface area contributed by atoms with Crippen LogP contribution in [0.4, 0.5) is 0 Å². The highest BCUT2D eigenvalue weighted by molar-refractivity contribution is 5.85. The minimum Gasteiger partial charge on any atom is -0.182 e. The average Bonchev–Trinajstić information content (AvgIpc) is 2.30. The zero-order valence-electron chi connectivity index (χ0n) is 2.79. The lowest BCUT2D eigenvalue weighted by atomic mass is 11.0. The highest BCUT2D eigenvalue weighted by Gasteiger charge is 2.32. The third-order valence-electron chi connectivity index (χ3n) is 1.11. The summed E-state index contributed by atoms with van der Waals surface area (Å²) >= 11 is 0. The van der Waals surface area contributed by atoms with E-state index in [1.807, 2.05) is 4.52 Å². The summed E-state index contributed by atoms with van der Waals surface area (Å²) in [5.41, 5.74) is 2.27. The van der Waals surface area contributed by atoms with Crippen molar-refractivity contribution in [3.8, 4) is 0 Å². The first-order valence-corrected chi connectivity index (χ1v) is 1.74. The van der Waals surface area contributed by atoms with E-state index in [0.29, 0.717) is 0 Å². The molecule has 28 valence electrons. The molecular formula is C2N4. The normalized spacial score (nSPS) is 14.7. The molecule has 2 bridgehead atoms. The van der Waals surface area contributed by atoms with Crippen LogP contribution in [0.25, 0.3) is 11.3 Å². The zero-order chi connectivity index (χ0) is 3.72. The van der Waals surface area contributed by atoms with E-state index in [-0.39, 0.29) is 0 Å². The molecule has 4 aromatic rings. The Bertz CT molecular complexity index is 244. The summed E-state index contributed by atoms with van der Waals surface area (Å²) in [7, 11) is 0. The fourth-order valence-electron chi connectivity index (χ4n) is 0.665. The predicted octanol–water partition coefficient (Wildman–Crippen LogP) is -0.705. The van der Waals surface area contributed by atoms with Gasteiger partial charge in [-0.25, -0.2) is 0 Å². The quantitative estimate of drug-likeness (QED) is 0.357. The van der Waals surface area contributed by atoms with Gasteiger partial charge in [-0.1, -0.05) is 0 Å². The predicted molar refractivity (Wildman–Crippen MR) is 17.5 cm³/mol. The van der Waals surface area contributed by atoms with Gasteiger partial charge in [-0.2, -0.15) is 4.52 Å². The van der Waals surface area contributed by atoms with Crippen LogP contribution in [0.5, 0.6) is 0 Å². The lowest BCUT2D eigenvalue weighted by Gasteiger charge is -1.48. The number of aromatic nitrogens is 4. The van der Waals surface area contributed by atoms with Gasteiger partial charge < -0.3 is 0 Å². The lowest BCUT2D eigenvalue weighted by Crippen LogP contribution is -1.68. The second-order valence-electron chi connectivity index (χ2n) is 1.44. The molecule has 4 aromatic heterocycles. The zero-order valence-corrected chi connectivity index (χ0v) is 2.79. The molecule has 0 aliphatic carbocycles. The molecule has 0 atom stereocenters. The van der Waals surface area contributed by atoms with Crippen LogP contribution >= 0.6 is 0 Å². The molecule has 0 saturated heterocycles. The molecule has 0 fully saturated rings. The van der Waals surface area contributed by atoms with Gasteiger partial charge in [-0.05, 0) is 5.21 Å². The van der Waals surface area contributed by atoms with Crippen LogP contribution in [-0.2, 0) is 0 Å². The van der Waals surface area contributed by atoms with Crippen LogP contribution in [-0.4, -0.2) is 19.5 Å². The Kier molecular flexibility index (Phi) is 0.0540. The average molecular weight is 80.0 g/mol. The maximum Gasteiger partial charge on any atom is 0.226 e. The number of rotatable bonds is 0. The number of hydrogen-bond acceptors (Lipinski definition) is 2. The van der Waals surface area contributed by atoms with Crippen LogP contribution in [0.15, 0.2) is 0 Å². The van der Waals surface area contributed by atoms with Gasteiger partial charge in [0.2, 0.25) is 11.3 Å². The first-order chi connectivity index (χ1) is 2.98. The van der Waals surface area contributed by atoms with Crippen LogP contribution in [0.1, 0.15) is 0 Å². The van der Waals surface area contributed by atoms with E-state index in [1.165, 1.54) is 5.65 Å². The van der Waals surface area contributed by atoms with Gasteiger partial charge in [0.1, 0.15) is 0 Å². The van der Waals surface area contributed by atoms with E-state index in [2.05, 4.69) is 10.3 Å². The van der Waals surface area contributed by atoms with Crippen LogP contribution in [0, 0.1) is 0 Å². The SMILES string of the molecule is n1nn2c3c1n32. The number of hydrogen-bond donors (Lipinski definition) is 0. The molecular weight excluding hydrogens is 80.0 g/mol. The number of nitrogens with zero attached hydrogens (tertiary/aromatic N) is 4. The fraction of sp³-hybridized carbons (Fsp3) is 0. The third-order valence-corrected chi connectivity index (χ3v) is 1.11. The van der Waals surface area contributed by atoms with Crippen molar-refractivity contribution in [3.63, 3.8) is 0 Å². The van der Waals surface area contributed by atoms with Crippen molar-refractivity contribution in [2.45, 2.75) is 0 Å². The van der Waals surface area contributed by atoms with Gasteiger partial charge in [0.05, 0.1) is 0 Å². The van der Waals surface area contributed by atoms with Crippen molar-refractivity contribution in [3.05, 3.63) is 0 Å². The monoisotopic (exact) mass is 80.0 g/mol. The first-order valence-electron chi connectivity index (χ1n) is 1.74. The molecule has 0 unspecified atom stereocenters. The van der Waals surface area contributed by atoms with Gasteiger partial charge in [0, 0.05) is 0 Å². The molecule has 0 aliphatic rings. The minimum absolute atomic E-state index is 1.06. The molecule has 0 amide bonds. The van der Waals surface area contributed by atoms with E-state index in [9.17, 15) is 0 Å². The summed E-state index contributed by atoms with van der Waals surface area (Å²) in [6.07, 6.45) is 0. The van der Waals surface area contributed by atoms with Gasteiger partial charge in [-0.15, -0.1) is 9.73 Å². The van der Waals surface area contributed by atoms with E-state index in [4.69, 9.17) is 0 Å². The summed E-state index contributed by atoms with van der Waals surface area (Å²) in [5.74, 6) is 0. The van der Waals surface area contributed by atoms with Gasteiger partial charge in [0.25, 0.3) is 0 Å². The number of tetrazole rings is 1. The van der Waals surface area contributed by atoms with Gasteiger partial charge in [-0.3, -0.25) is 0 Å². The van der Waals surface area contributed by atoms with E-state index in [0.717, 1.165) is 5.65 Å². The van der Waals surface area contributed by atoms with Gasteiger partial charge >= 0.3 is 0 Å². The summed E-state index contributed by atoms with van der Waals surface area (Å²) in [4.78, 5) is 0. The second-order valence-corrected chi connectivity index (χ2v) is 1.44. The Morgan fingerprint density at radius 2 is 2.33 bits per heavy atom. The Balaban J connectivity index is 3.32. The van der Waals surface area contributed by atoms with Crippen molar-refractivity contribution in [1.82, 2.24) is 19.5 Å². The maximum atomic E-state index is 3.70.